The van der Waals surface area contributed by atoms with Crippen LogP contribution in [0, 0.1) is 88.3 Å². The van der Waals surface area contributed by atoms with Gasteiger partial charge in [0.1, 0.15) is 6.29 Å². The van der Waals surface area contributed by atoms with Crippen molar-refractivity contribution in [2.45, 2.75) is 76.7 Å². The van der Waals surface area contributed by atoms with E-state index in [2.05, 4.69) is 47.8 Å². The lowest BCUT2D eigenvalue weighted by Gasteiger charge is -2.44. The van der Waals surface area contributed by atoms with Crippen molar-refractivity contribution in [1.82, 2.24) is 0 Å². The van der Waals surface area contributed by atoms with Gasteiger partial charge in [-0.05, 0) is 166 Å². The molecule has 1 aromatic carbocycles. The third-order valence-electron chi connectivity index (χ3n) is 15.5. The van der Waals surface area contributed by atoms with Gasteiger partial charge >= 0.3 is 0 Å². The lowest BCUT2D eigenvalue weighted by molar-refractivity contribution is -0.111. The Balaban J connectivity index is 0.994. The van der Waals surface area contributed by atoms with E-state index in [0.29, 0.717) is 29.6 Å². The molecule has 0 heterocycles. The lowest BCUT2D eigenvalue weighted by atomic mass is 9.61. The van der Waals surface area contributed by atoms with Gasteiger partial charge in [0, 0.05) is 17.6 Å². The highest BCUT2D eigenvalue weighted by Crippen LogP contribution is 2.79. The summed E-state index contributed by atoms with van der Waals surface area (Å²) in [6, 6.07) is 10.4. The van der Waals surface area contributed by atoms with Crippen LogP contribution in [0.25, 0.3) is 0 Å². The number of nitrogens with one attached hydrogen (secondary N) is 1. The van der Waals surface area contributed by atoms with Crippen molar-refractivity contribution in [1.29, 1.82) is 0 Å². The molecule has 1 aromatic rings. The van der Waals surface area contributed by atoms with E-state index >= 15 is 0 Å². The monoisotopic (exact) mass is 564 g/mol. The van der Waals surface area contributed by atoms with Gasteiger partial charge in [-0.15, -0.1) is 0 Å². The van der Waals surface area contributed by atoms with Crippen molar-refractivity contribution in [3.63, 3.8) is 0 Å². The molecule has 0 unspecified atom stereocenters. The number of benzene rings is 1. The topological polar surface area (TPSA) is 55.1 Å². The number of nitrogens with two attached hydrogens (primary N) is 1. The fraction of sp³-hybridized carbons (Fsp3) is 0.718. The third kappa shape index (κ3) is 3.70. The van der Waals surface area contributed by atoms with Gasteiger partial charge in [0.15, 0.2) is 0 Å². The first-order valence-electron chi connectivity index (χ1n) is 17.9. The average molecular weight is 565 g/mol. The minimum absolute atomic E-state index is 0.00731. The number of fused-ring (bicyclic) bond motifs is 5. The maximum atomic E-state index is 12.7. The summed E-state index contributed by atoms with van der Waals surface area (Å²) in [6.45, 7) is 5.84. The minimum Gasteiger partial charge on any atom is -0.385 e. The zero-order valence-corrected chi connectivity index (χ0v) is 25.5. The molecule has 0 radical (unpaired) electrons. The molecule has 16 atom stereocenters. The Labute approximate surface area is 253 Å². The van der Waals surface area contributed by atoms with Crippen molar-refractivity contribution in [2.75, 3.05) is 11.9 Å². The van der Waals surface area contributed by atoms with Crippen molar-refractivity contribution >= 4 is 12.0 Å². The molecular weight excluding hydrogens is 512 g/mol. The van der Waals surface area contributed by atoms with Crippen LogP contribution >= 0.6 is 0 Å². The second kappa shape index (κ2) is 9.82. The molecule has 0 aliphatic heterocycles. The third-order valence-corrected chi connectivity index (χ3v) is 15.5. The van der Waals surface area contributed by atoms with Gasteiger partial charge < -0.3 is 15.8 Å². The number of allylic oxidation sites excluding steroid dienone is 3. The molecule has 0 spiro atoms. The summed E-state index contributed by atoms with van der Waals surface area (Å²) >= 11 is 0. The van der Waals surface area contributed by atoms with Crippen LogP contribution in [0.2, 0.25) is 0 Å². The molecule has 0 aromatic heterocycles. The Hall–Kier alpha value is -1.87. The molecule has 8 saturated carbocycles. The predicted molar refractivity (Wildman–Crippen MR) is 169 cm³/mol. The summed E-state index contributed by atoms with van der Waals surface area (Å²) in [5, 5.41) is 3.71. The zero-order chi connectivity index (χ0) is 28.2. The number of hydrogen-bond donors (Lipinski definition) is 2. The van der Waals surface area contributed by atoms with Crippen molar-refractivity contribution < 1.29 is 4.79 Å². The highest BCUT2D eigenvalue weighted by atomic mass is 16.1. The summed E-state index contributed by atoms with van der Waals surface area (Å²) in [5.74, 6) is 11.1. The number of hydrogen-bond acceptors (Lipinski definition) is 3. The van der Waals surface area contributed by atoms with Gasteiger partial charge in [0.25, 0.3) is 0 Å². The Kier molecular flexibility index (Phi) is 6.20. The Bertz CT molecular complexity index is 1250. The van der Waals surface area contributed by atoms with E-state index in [1.807, 2.05) is 0 Å². The van der Waals surface area contributed by atoms with Gasteiger partial charge in [-0.25, -0.2) is 0 Å². The van der Waals surface area contributed by atoms with E-state index in [-0.39, 0.29) is 11.5 Å². The molecular formula is C39H52N2O. The first-order chi connectivity index (χ1) is 20.6. The van der Waals surface area contributed by atoms with Gasteiger partial charge in [0.2, 0.25) is 0 Å². The second-order valence-corrected chi connectivity index (χ2v) is 16.6. The number of anilines is 1. The lowest BCUT2D eigenvalue weighted by Crippen LogP contribution is -2.44. The molecule has 0 saturated heterocycles. The highest BCUT2D eigenvalue weighted by molar-refractivity contribution is 5.62. The van der Waals surface area contributed by atoms with Gasteiger partial charge in [-0.1, -0.05) is 42.5 Å². The van der Waals surface area contributed by atoms with Crippen LogP contribution in [0.4, 0.5) is 5.69 Å². The quantitative estimate of drug-likeness (QED) is 0.274. The maximum Gasteiger partial charge on any atom is 0.137 e. The summed E-state index contributed by atoms with van der Waals surface area (Å²) in [6.07, 6.45) is 21.5. The van der Waals surface area contributed by atoms with E-state index in [0.717, 1.165) is 59.8 Å². The smallest absolute Gasteiger partial charge is 0.137 e. The molecule has 42 heavy (non-hydrogen) atoms. The fourth-order valence-electron chi connectivity index (χ4n) is 14.2. The van der Waals surface area contributed by atoms with Crippen LogP contribution in [0.15, 0.2) is 54.6 Å². The van der Waals surface area contributed by atoms with E-state index < -0.39 is 0 Å². The van der Waals surface area contributed by atoms with Crippen LogP contribution in [-0.2, 0) is 4.79 Å². The number of aldehydes is 1. The second-order valence-electron chi connectivity index (χ2n) is 16.6. The van der Waals surface area contributed by atoms with E-state index in [4.69, 9.17) is 12.3 Å². The number of rotatable bonds is 6. The molecule has 9 aliphatic rings. The summed E-state index contributed by atoms with van der Waals surface area (Å²) in [7, 11) is 0. The number of para-hydroxylation sites is 1. The fourth-order valence-corrected chi connectivity index (χ4v) is 14.2. The van der Waals surface area contributed by atoms with Crippen LogP contribution in [0.5, 0.6) is 0 Å². The van der Waals surface area contributed by atoms with Crippen LogP contribution in [0.1, 0.15) is 70.6 Å². The summed E-state index contributed by atoms with van der Waals surface area (Å²) in [4.78, 5) is 12.7. The highest BCUT2D eigenvalue weighted by Gasteiger charge is 2.76. The van der Waals surface area contributed by atoms with E-state index in [9.17, 15) is 4.79 Å². The maximum absolute atomic E-state index is 12.7. The number of carbonyl (C=O) groups is 1. The normalized spacial score (nSPS) is 52.0. The largest absolute Gasteiger partial charge is 0.385 e. The number of carbonyl (C=O) groups excluding carboxylic acids is 1. The van der Waals surface area contributed by atoms with Crippen LogP contribution < -0.4 is 11.1 Å². The van der Waals surface area contributed by atoms with Crippen LogP contribution in [0.3, 0.4) is 0 Å². The Morgan fingerprint density at radius 3 is 2.48 bits per heavy atom. The Morgan fingerprint density at radius 2 is 1.67 bits per heavy atom. The van der Waals surface area contributed by atoms with Crippen molar-refractivity contribution in [3.8, 4) is 0 Å². The molecule has 8 fully saturated rings. The summed E-state index contributed by atoms with van der Waals surface area (Å²) < 4.78 is 0. The van der Waals surface area contributed by atoms with Crippen molar-refractivity contribution in [2.24, 2.45) is 94.0 Å². The average Bonchev–Trinajstić information content (AvgIpc) is 3.22. The molecule has 224 valence electrons. The molecule has 0 amide bonds. The molecule has 10 rings (SSSR count). The van der Waals surface area contributed by atoms with Gasteiger partial charge in [-0.3, -0.25) is 0 Å². The molecule has 3 heteroatoms. The Morgan fingerprint density at radius 1 is 0.881 bits per heavy atom. The summed E-state index contributed by atoms with van der Waals surface area (Å²) in [5.41, 5.74) is 9.85. The van der Waals surface area contributed by atoms with E-state index in [1.54, 1.807) is 5.57 Å². The van der Waals surface area contributed by atoms with Gasteiger partial charge in [-0.2, -0.15) is 0 Å². The van der Waals surface area contributed by atoms with E-state index in [1.165, 1.54) is 82.6 Å². The predicted octanol–water partition coefficient (Wildman–Crippen LogP) is 7.75. The molecule has 4 bridgehead atoms. The standard InChI is InChI=1S/C39H52N2O/c1-22-7-14-33-38(37-31(22)19-32-35-24-8-10-26(35)17-27(11-9-24)36(32)37)39(33,34(40)21-42)29-13-12-25-15-23(16-28(25)18-29)20-41-30-5-3-2-4-6-30/h2-6,12-13,21,23-29,31-38,41H,1,7-11,14-20,40H2/t23-,24-,25+,26-,27-,28-,29+,31+,32-,33-,34-,35-,36-,37+,38+,39+/m0/s1. The molecule has 9 aliphatic carbocycles. The van der Waals surface area contributed by atoms with Crippen LogP contribution in [-0.4, -0.2) is 18.9 Å². The SMILES string of the molecule is C=C1CC[C@H]2[C@H]([C@H]3[C@H]4[C@H]5CC[C@@H]6CC[C@@H](C5)[C@H]6[C@@H]4C[C@H]13)[C@@]2([C@@H]1C=C[C@@H]2C[C@H](CNc3ccccc3)C[C@H]2C1)[C@@H](N)C=O. The first kappa shape index (κ1) is 26.5. The van der Waals surface area contributed by atoms with Crippen molar-refractivity contribution in [3.05, 3.63) is 54.6 Å². The molecule has 3 N–H and O–H groups in total. The first-order valence-corrected chi connectivity index (χ1v) is 17.9. The zero-order valence-electron chi connectivity index (χ0n) is 25.5. The van der Waals surface area contributed by atoms with Gasteiger partial charge in [0.05, 0.1) is 6.04 Å². The molecule has 3 nitrogen and oxygen atoms in total. The minimum atomic E-state index is -0.319.